The van der Waals surface area contributed by atoms with E-state index < -0.39 is 21.9 Å². The summed E-state index contributed by atoms with van der Waals surface area (Å²) >= 11 is 6.02. The number of aryl methyl sites for hydroxylation is 1. The minimum Gasteiger partial charge on any atom is -0.481 e. The molecule has 0 unspecified atom stereocenters. The Labute approximate surface area is 161 Å². The molecule has 1 atom stereocenters. The zero-order valence-electron chi connectivity index (χ0n) is 14.3. The van der Waals surface area contributed by atoms with E-state index in [0.29, 0.717) is 16.4 Å². The lowest BCUT2D eigenvalue weighted by molar-refractivity contribution is -0.141. The van der Waals surface area contributed by atoms with Gasteiger partial charge in [0.2, 0.25) is 5.91 Å². The third-order valence-electron chi connectivity index (χ3n) is 4.36. The normalized spacial score (nSPS) is 17.2. The fourth-order valence-electron chi connectivity index (χ4n) is 2.80. The predicted molar refractivity (Wildman–Crippen MR) is 102 cm³/mol. The summed E-state index contributed by atoms with van der Waals surface area (Å²) in [6.45, 7) is 1.88. The Kier molecular flexibility index (Phi) is 5.12. The number of amides is 1. The van der Waals surface area contributed by atoms with Gasteiger partial charge in [-0.3, -0.25) is 14.3 Å². The van der Waals surface area contributed by atoms with Crippen LogP contribution in [0.4, 0.5) is 11.4 Å². The van der Waals surface area contributed by atoms with Gasteiger partial charge in [-0.15, -0.1) is 0 Å². The van der Waals surface area contributed by atoms with Crippen molar-refractivity contribution in [2.24, 2.45) is 5.92 Å². The Balaban J connectivity index is 1.79. The fraction of sp³-hybridized carbons (Fsp3) is 0.222. The number of carbonyl (C=O) groups is 2. The smallest absolute Gasteiger partial charge is 0.308 e. The van der Waals surface area contributed by atoms with Crippen LogP contribution in [-0.4, -0.2) is 31.9 Å². The molecule has 2 N–H and O–H groups in total. The second-order valence-corrected chi connectivity index (χ2v) is 8.40. The number of carboxylic acid groups (broad SMARTS) is 1. The molecule has 0 bridgehead atoms. The first-order chi connectivity index (χ1) is 12.7. The molecule has 9 heteroatoms. The summed E-state index contributed by atoms with van der Waals surface area (Å²) in [6, 6.07) is 10.6. The maximum absolute atomic E-state index is 12.5. The summed E-state index contributed by atoms with van der Waals surface area (Å²) in [4.78, 5) is 24.4. The number of benzene rings is 2. The Morgan fingerprint density at radius 2 is 1.89 bits per heavy atom. The first-order valence-corrected chi connectivity index (χ1v) is 9.96. The van der Waals surface area contributed by atoms with Crippen LogP contribution >= 0.6 is 11.6 Å². The van der Waals surface area contributed by atoms with Gasteiger partial charge in [0, 0.05) is 23.7 Å². The van der Waals surface area contributed by atoms with Gasteiger partial charge in [0.25, 0.3) is 10.0 Å². The van der Waals surface area contributed by atoms with Gasteiger partial charge in [-0.1, -0.05) is 17.7 Å². The van der Waals surface area contributed by atoms with E-state index in [2.05, 4.69) is 4.72 Å². The molecular formula is C18H17ClN2O5S. The molecule has 7 nitrogen and oxygen atoms in total. The zero-order valence-corrected chi connectivity index (χ0v) is 15.9. The minimum absolute atomic E-state index is 0.0179. The third-order valence-corrected chi connectivity index (χ3v) is 6.16. The van der Waals surface area contributed by atoms with Crippen molar-refractivity contribution in [3.63, 3.8) is 0 Å². The zero-order chi connectivity index (χ0) is 19.8. The van der Waals surface area contributed by atoms with E-state index in [1.54, 1.807) is 12.1 Å². The summed E-state index contributed by atoms with van der Waals surface area (Å²) in [6.07, 6.45) is -0.0644. The molecule has 0 spiro atoms. The van der Waals surface area contributed by atoms with Crippen molar-refractivity contribution in [3.05, 3.63) is 53.1 Å². The number of hydrogen-bond acceptors (Lipinski definition) is 4. The number of nitrogens with zero attached hydrogens (tertiary/aromatic N) is 1. The number of rotatable bonds is 5. The standard InChI is InChI=1S/C18H17ClN2O5S/c1-11-2-3-13(9-16(11)19)20-27(25,26)15-6-4-14(5-7-15)21-10-12(18(23)24)8-17(21)22/h2-7,9,12,20H,8,10H2,1H3,(H,23,24)/t12-/m0/s1. The second kappa shape index (κ2) is 7.21. The Morgan fingerprint density at radius 1 is 1.22 bits per heavy atom. The highest BCUT2D eigenvalue weighted by molar-refractivity contribution is 7.92. The van der Waals surface area contributed by atoms with E-state index in [0.717, 1.165) is 5.56 Å². The predicted octanol–water partition coefficient (Wildman–Crippen LogP) is 2.89. The van der Waals surface area contributed by atoms with E-state index in [4.69, 9.17) is 16.7 Å². The molecule has 3 rings (SSSR count). The monoisotopic (exact) mass is 408 g/mol. The van der Waals surface area contributed by atoms with Crippen molar-refractivity contribution < 1.29 is 23.1 Å². The van der Waals surface area contributed by atoms with Crippen molar-refractivity contribution in [3.8, 4) is 0 Å². The van der Waals surface area contributed by atoms with Crippen molar-refractivity contribution in [2.75, 3.05) is 16.2 Å². The van der Waals surface area contributed by atoms with Crippen molar-refractivity contribution in [2.45, 2.75) is 18.2 Å². The average molecular weight is 409 g/mol. The summed E-state index contributed by atoms with van der Waals surface area (Å²) in [5, 5.41) is 9.50. The van der Waals surface area contributed by atoms with Crippen LogP contribution in [0, 0.1) is 12.8 Å². The number of carboxylic acids is 1. The van der Waals surface area contributed by atoms with Gasteiger partial charge in [0.15, 0.2) is 0 Å². The van der Waals surface area contributed by atoms with E-state index in [-0.39, 0.29) is 23.8 Å². The van der Waals surface area contributed by atoms with Crippen molar-refractivity contribution >= 4 is 44.9 Å². The first-order valence-electron chi connectivity index (χ1n) is 8.09. The average Bonchev–Trinajstić information content (AvgIpc) is 3.00. The molecule has 1 aliphatic heterocycles. The molecule has 0 radical (unpaired) electrons. The number of sulfonamides is 1. The third kappa shape index (κ3) is 4.06. The maximum Gasteiger partial charge on any atom is 0.308 e. The largest absolute Gasteiger partial charge is 0.481 e. The highest BCUT2D eigenvalue weighted by Crippen LogP contribution is 2.27. The van der Waals surface area contributed by atoms with Gasteiger partial charge in [0.1, 0.15) is 0 Å². The van der Waals surface area contributed by atoms with Gasteiger partial charge in [-0.25, -0.2) is 8.42 Å². The van der Waals surface area contributed by atoms with Crippen LogP contribution in [0.1, 0.15) is 12.0 Å². The highest BCUT2D eigenvalue weighted by atomic mass is 35.5. The van der Waals surface area contributed by atoms with Gasteiger partial charge in [-0.2, -0.15) is 0 Å². The molecule has 1 aliphatic rings. The van der Waals surface area contributed by atoms with Gasteiger partial charge < -0.3 is 10.0 Å². The molecule has 1 amide bonds. The molecule has 0 aliphatic carbocycles. The van der Waals surface area contributed by atoms with Gasteiger partial charge >= 0.3 is 5.97 Å². The fourth-order valence-corrected chi connectivity index (χ4v) is 4.03. The Morgan fingerprint density at radius 3 is 2.44 bits per heavy atom. The molecule has 142 valence electrons. The molecule has 2 aromatic carbocycles. The number of nitrogens with one attached hydrogen (secondary N) is 1. The lowest BCUT2D eigenvalue weighted by Gasteiger charge is -2.17. The van der Waals surface area contributed by atoms with E-state index >= 15 is 0 Å². The molecule has 27 heavy (non-hydrogen) atoms. The van der Waals surface area contributed by atoms with Gasteiger partial charge in [-0.05, 0) is 48.9 Å². The lowest BCUT2D eigenvalue weighted by Crippen LogP contribution is -2.25. The summed E-state index contributed by atoms with van der Waals surface area (Å²) < 4.78 is 27.5. The molecule has 1 fully saturated rings. The topological polar surface area (TPSA) is 104 Å². The number of aliphatic carboxylic acids is 1. The molecule has 0 saturated carbocycles. The van der Waals surface area contributed by atoms with Crippen molar-refractivity contribution in [1.29, 1.82) is 0 Å². The van der Waals surface area contributed by atoms with E-state index in [9.17, 15) is 18.0 Å². The van der Waals surface area contributed by atoms with Crippen LogP contribution in [0.15, 0.2) is 47.4 Å². The molecule has 1 saturated heterocycles. The molecular weight excluding hydrogens is 392 g/mol. The van der Waals surface area contributed by atoms with Gasteiger partial charge in [0.05, 0.1) is 16.5 Å². The van der Waals surface area contributed by atoms with Crippen LogP contribution in [-0.2, 0) is 19.6 Å². The number of anilines is 2. The van der Waals surface area contributed by atoms with Crippen LogP contribution in [0.25, 0.3) is 0 Å². The number of carbonyl (C=O) groups excluding carboxylic acids is 1. The minimum atomic E-state index is -3.83. The maximum atomic E-state index is 12.5. The number of hydrogen-bond donors (Lipinski definition) is 2. The van der Waals surface area contributed by atoms with Crippen LogP contribution in [0.3, 0.4) is 0 Å². The Hall–Kier alpha value is -2.58. The Bertz CT molecular complexity index is 1000. The quantitative estimate of drug-likeness (QED) is 0.791. The van der Waals surface area contributed by atoms with E-state index in [1.165, 1.54) is 35.2 Å². The van der Waals surface area contributed by atoms with Crippen LogP contribution in [0.2, 0.25) is 5.02 Å². The van der Waals surface area contributed by atoms with E-state index in [1.807, 2.05) is 6.92 Å². The summed E-state index contributed by atoms with van der Waals surface area (Å²) in [5.41, 5.74) is 1.63. The molecule has 0 aromatic heterocycles. The molecule has 2 aromatic rings. The van der Waals surface area contributed by atoms with Crippen LogP contribution < -0.4 is 9.62 Å². The highest BCUT2D eigenvalue weighted by Gasteiger charge is 2.35. The summed E-state index contributed by atoms with van der Waals surface area (Å²) in [5.74, 6) is -2.08. The lowest BCUT2D eigenvalue weighted by atomic mass is 10.1. The number of halogens is 1. The van der Waals surface area contributed by atoms with Crippen LogP contribution in [0.5, 0.6) is 0 Å². The SMILES string of the molecule is Cc1ccc(NS(=O)(=O)c2ccc(N3C[C@@H](C(=O)O)CC3=O)cc2)cc1Cl. The molecule has 1 heterocycles. The summed E-state index contributed by atoms with van der Waals surface area (Å²) in [7, 11) is -3.83. The second-order valence-electron chi connectivity index (χ2n) is 6.31. The van der Waals surface area contributed by atoms with Crippen molar-refractivity contribution in [1.82, 2.24) is 0 Å². The first kappa shape index (κ1) is 19.2.